The lowest BCUT2D eigenvalue weighted by atomic mass is 9.81. The molecule has 0 aliphatic carbocycles. The summed E-state index contributed by atoms with van der Waals surface area (Å²) in [5, 5.41) is 0. The van der Waals surface area contributed by atoms with Gasteiger partial charge in [-0.1, -0.05) is 17.9 Å². The topological polar surface area (TPSA) is 43.1 Å². The summed E-state index contributed by atoms with van der Waals surface area (Å²) in [6.07, 6.45) is -0.496. The Bertz CT molecular complexity index is 390. The van der Waals surface area contributed by atoms with E-state index in [2.05, 4.69) is 0 Å². The lowest BCUT2D eigenvalue weighted by molar-refractivity contribution is 0.112. The van der Waals surface area contributed by atoms with E-state index in [1.165, 1.54) is 12.1 Å². The average Bonchev–Trinajstić information content (AvgIpc) is 2.08. The monoisotopic (exact) mass is 216 g/mol. The van der Waals surface area contributed by atoms with Crippen molar-refractivity contribution in [2.75, 3.05) is 5.73 Å². The summed E-state index contributed by atoms with van der Waals surface area (Å²) in [5.41, 5.74) is 6.48. The lowest BCUT2D eigenvalue weighted by Gasteiger charge is -2.15. The van der Waals surface area contributed by atoms with Gasteiger partial charge in [0.15, 0.2) is 0 Å². The standard InChI is InChI=1S/C9H10BF3NO/c1-6-8(5-15)2-7(3-9(6)14)4-10(11,12)13/h2-3,5H,4,14H2,1H3/q-1. The number of hydrogen-bond acceptors (Lipinski definition) is 2. The van der Waals surface area contributed by atoms with Gasteiger partial charge in [0.1, 0.15) is 6.29 Å². The van der Waals surface area contributed by atoms with Crippen LogP contribution in [0.3, 0.4) is 0 Å². The number of nitrogen functional groups attached to an aromatic ring is 1. The minimum Gasteiger partial charge on any atom is -0.449 e. The highest BCUT2D eigenvalue weighted by Gasteiger charge is 2.23. The van der Waals surface area contributed by atoms with Crippen molar-refractivity contribution in [2.24, 2.45) is 0 Å². The van der Waals surface area contributed by atoms with Gasteiger partial charge in [-0.2, -0.15) is 0 Å². The van der Waals surface area contributed by atoms with Gasteiger partial charge in [0.2, 0.25) is 0 Å². The van der Waals surface area contributed by atoms with Crippen LogP contribution < -0.4 is 5.73 Å². The quantitative estimate of drug-likeness (QED) is 0.478. The van der Waals surface area contributed by atoms with Crippen LogP contribution in [0.2, 0.25) is 0 Å². The van der Waals surface area contributed by atoms with Crippen LogP contribution in [-0.4, -0.2) is 13.3 Å². The second-order valence-electron chi connectivity index (χ2n) is 3.43. The van der Waals surface area contributed by atoms with Crippen molar-refractivity contribution in [2.45, 2.75) is 13.2 Å². The number of hydrogen-bond donors (Lipinski definition) is 1. The van der Waals surface area contributed by atoms with E-state index in [-0.39, 0.29) is 16.8 Å². The SMILES string of the molecule is Cc1c(N)cc(C[B-](F)(F)F)cc1C=O. The van der Waals surface area contributed by atoms with Crippen molar-refractivity contribution >= 4 is 19.0 Å². The lowest BCUT2D eigenvalue weighted by Crippen LogP contribution is -2.19. The normalized spacial score (nSPS) is 11.5. The van der Waals surface area contributed by atoms with E-state index in [0.717, 1.165) is 0 Å². The minimum atomic E-state index is -4.90. The fraction of sp³-hybridized carbons (Fsp3) is 0.222. The summed E-state index contributed by atoms with van der Waals surface area (Å²) >= 11 is 0. The van der Waals surface area contributed by atoms with Gasteiger partial charge >= 0.3 is 6.98 Å². The first kappa shape index (κ1) is 11.6. The molecule has 2 N–H and O–H groups in total. The Labute approximate surface area is 85.3 Å². The molecule has 6 heteroatoms. The fourth-order valence-electron chi connectivity index (χ4n) is 1.33. The van der Waals surface area contributed by atoms with Crippen LogP contribution in [0.1, 0.15) is 21.5 Å². The van der Waals surface area contributed by atoms with Gasteiger partial charge in [-0.25, -0.2) is 0 Å². The Balaban J connectivity index is 3.11. The third-order valence-electron chi connectivity index (χ3n) is 2.14. The van der Waals surface area contributed by atoms with Gasteiger partial charge in [0.25, 0.3) is 0 Å². The maximum Gasteiger partial charge on any atom is 0.482 e. The molecular formula is C9H10BF3NO-. The molecule has 0 aromatic heterocycles. The van der Waals surface area contributed by atoms with Crippen LogP contribution in [-0.2, 0) is 6.32 Å². The van der Waals surface area contributed by atoms with E-state index in [4.69, 9.17) is 5.73 Å². The first-order chi connectivity index (χ1) is 6.83. The summed E-state index contributed by atoms with van der Waals surface area (Å²) in [6.45, 7) is -3.30. The Hall–Kier alpha value is -1.46. The Morgan fingerprint density at radius 1 is 1.40 bits per heavy atom. The van der Waals surface area contributed by atoms with Gasteiger partial charge in [-0.15, -0.1) is 0 Å². The number of nitrogens with two attached hydrogens (primary N) is 1. The average molecular weight is 216 g/mol. The second-order valence-corrected chi connectivity index (χ2v) is 3.43. The van der Waals surface area contributed by atoms with Crippen LogP contribution in [0.25, 0.3) is 0 Å². The van der Waals surface area contributed by atoms with Crippen molar-refractivity contribution in [1.82, 2.24) is 0 Å². The Kier molecular flexibility index (Phi) is 3.07. The van der Waals surface area contributed by atoms with Gasteiger partial charge in [-0.05, 0) is 18.6 Å². The summed E-state index contributed by atoms with van der Waals surface area (Å²) in [4.78, 5) is 10.6. The number of benzene rings is 1. The fourth-order valence-corrected chi connectivity index (χ4v) is 1.33. The van der Waals surface area contributed by atoms with E-state index < -0.39 is 13.3 Å². The molecule has 0 saturated heterocycles. The molecular weight excluding hydrogens is 206 g/mol. The molecule has 0 spiro atoms. The zero-order valence-electron chi connectivity index (χ0n) is 8.14. The molecule has 0 fully saturated rings. The number of carbonyl (C=O) groups excluding carboxylic acids is 1. The molecule has 0 atom stereocenters. The van der Waals surface area contributed by atoms with Crippen LogP contribution in [0.4, 0.5) is 18.6 Å². The van der Waals surface area contributed by atoms with Crippen molar-refractivity contribution in [3.05, 3.63) is 28.8 Å². The van der Waals surface area contributed by atoms with Crippen LogP contribution in [0, 0.1) is 6.92 Å². The van der Waals surface area contributed by atoms with Crippen molar-refractivity contribution in [3.63, 3.8) is 0 Å². The zero-order valence-corrected chi connectivity index (χ0v) is 8.14. The molecule has 82 valence electrons. The van der Waals surface area contributed by atoms with Crippen molar-refractivity contribution < 1.29 is 17.7 Å². The molecule has 0 bridgehead atoms. The molecule has 0 amide bonds. The predicted octanol–water partition coefficient (Wildman–Crippen LogP) is 2.32. The van der Waals surface area contributed by atoms with E-state index in [1.54, 1.807) is 6.92 Å². The Morgan fingerprint density at radius 2 is 2.00 bits per heavy atom. The van der Waals surface area contributed by atoms with Crippen LogP contribution >= 0.6 is 0 Å². The van der Waals surface area contributed by atoms with E-state index in [9.17, 15) is 17.7 Å². The second kappa shape index (κ2) is 3.96. The number of carbonyl (C=O) groups is 1. The molecule has 15 heavy (non-hydrogen) atoms. The third kappa shape index (κ3) is 3.01. The predicted molar refractivity (Wildman–Crippen MR) is 53.8 cm³/mol. The van der Waals surface area contributed by atoms with Gasteiger partial charge < -0.3 is 18.7 Å². The molecule has 0 saturated carbocycles. The zero-order chi connectivity index (χ0) is 11.6. The molecule has 0 unspecified atom stereocenters. The first-order valence-corrected chi connectivity index (χ1v) is 4.38. The molecule has 0 heterocycles. The van der Waals surface area contributed by atoms with E-state index in [0.29, 0.717) is 11.8 Å². The highest BCUT2D eigenvalue weighted by Crippen LogP contribution is 2.22. The van der Waals surface area contributed by atoms with E-state index >= 15 is 0 Å². The highest BCUT2D eigenvalue weighted by molar-refractivity contribution is 6.57. The van der Waals surface area contributed by atoms with Crippen molar-refractivity contribution in [3.8, 4) is 0 Å². The molecule has 2 nitrogen and oxygen atoms in total. The number of halogens is 3. The van der Waals surface area contributed by atoms with E-state index in [1.807, 2.05) is 0 Å². The molecule has 0 radical (unpaired) electrons. The molecule has 1 rings (SSSR count). The van der Waals surface area contributed by atoms with Crippen LogP contribution in [0.5, 0.6) is 0 Å². The smallest absolute Gasteiger partial charge is 0.449 e. The van der Waals surface area contributed by atoms with Crippen molar-refractivity contribution in [1.29, 1.82) is 0 Å². The molecule has 1 aromatic carbocycles. The molecule has 0 aliphatic heterocycles. The number of anilines is 1. The maximum absolute atomic E-state index is 12.1. The van der Waals surface area contributed by atoms with Crippen LogP contribution in [0.15, 0.2) is 12.1 Å². The Morgan fingerprint density at radius 3 is 2.47 bits per heavy atom. The maximum atomic E-state index is 12.1. The van der Waals surface area contributed by atoms with Gasteiger partial charge in [0, 0.05) is 11.3 Å². The minimum absolute atomic E-state index is 0.0349. The summed E-state index contributed by atoms with van der Waals surface area (Å²) in [6, 6.07) is 2.49. The summed E-state index contributed by atoms with van der Waals surface area (Å²) in [5.74, 6) is 0. The molecule has 0 aliphatic rings. The number of aldehydes is 1. The summed E-state index contributed by atoms with van der Waals surface area (Å²) < 4.78 is 36.4. The number of rotatable bonds is 3. The van der Waals surface area contributed by atoms with Gasteiger partial charge in [0.05, 0.1) is 0 Å². The first-order valence-electron chi connectivity index (χ1n) is 4.38. The van der Waals surface area contributed by atoms with Gasteiger partial charge in [-0.3, -0.25) is 4.79 Å². The largest absolute Gasteiger partial charge is 0.482 e. The summed E-state index contributed by atoms with van der Waals surface area (Å²) in [7, 11) is 0. The highest BCUT2D eigenvalue weighted by atomic mass is 19.4. The molecule has 1 aromatic rings. The third-order valence-corrected chi connectivity index (χ3v) is 2.14.